The molecular formula is C25H32FN3O4. The lowest BCUT2D eigenvalue weighted by atomic mass is 9.85. The topological polar surface area (TPSA) is 86.8 Å². The number of hydrogen-bond acceptors (Lipinski definition) is 4. The number of hydrogen-bond donors (Lipinski definition) is 1. The molecule has 1 heterocycles. The van der Waals surface area contributed by atoms with Crippen LogP contribution in [0.15, 0.2) is 36.4 Å². The number of rotatable bonds is 9. The summed E-state index contributed by atoms with van der Waals surface area (Å²) in [6.45, 7) is 6.18. The number of halogens is 1. The Labute approximate surface area is 194 Å². The maximum absolute atomic E-state index is 13.3. The van der Waals surface area contributed by atoms with Gasteiger partial charge in [-0.25, -0.2) is 4.39 Å². The second-order valence-corrected chi connectivity index (χ2v) is 9.20. The van der Waals surface area contributed by atoms with E-state index in [-0.39, 0.29) is 66.7 Å². The predicted octanol–water partition coefficient (Wildman–Crippen LogP) is 2.66. The monoisotopic (exact) mass is 457 g/mol. The van der Waals surface area contributed by atoms with Gasteiger partial charge in [-0.05, 0) is 43.4 Å². The lowest BCUT2D eigenvalue weighted by Gasteiger charge is -2.29. The largest absolute Gasteiger partial charge is 0.354 e. The van der Waals surface area contributed by atoms with Gasteiger partial charge in [0, 0.05) is 26.1 Å². The SMILES string of the molecule is CC(C)CNC(=O)[C@@H](C)N(Cc1ccc(F)cc1)C(=O)CCN1C(=O)[C@H]2CC=CC[C@H]2C1=O. The van der Waals surface area contributed by atoms with Crippen LogP contribution in [-0.4, -0.2) is 52.6 Å². The van der Waals surface area contributed by atoms with Crippen molar-refractivity contribution >= 4 is 23.6 Å². The molecule has 1 fully saturated rings. The number of carbonyl (C=O) groups excluding carboxylic acids is 4. The van der Waals surface area contributed by atoms with Crippen molar-refractivity contribution < 1.29 is 23.6 Å². The summed E-state index contributed by atoms with van der Waals surface area (Å²) in [7, 11) is 0. The van der Waals surface area contributed by atoms with Crippen LogP contribution in [0.5, 0.6) is 0 Å². The zero-order valence-corrected chi connectivity index (χ0v) is 19.4. The van der Waals surface area contributed by atoms with Crippen molar-refractivity contribution in [3.63, 3.8) is 0 Å². The van der Waals surface area contributed by atoms with Gasteiger partial charge in [0.05, 0.1) is 11.8 Å². The minimum Gasteiger partial charge on any atom is -0.354 e. The molecule has 1 aromatic carbocycles. The first kappa shape index (κ1) is 24.6. The molecule has 0 spiro atoms. The Kier molecular flexibility index (Phi) is 8.00. The molecule has 0 bridgehead atoms. The van der Waals surface area contributed by atoms with Crippen LogP contribution in [0, 0.1) is 23.6 Å². The molecule has 0 aromatic heterocycles. The first-order chi connectivity index (χ1) is 15.7. The summed E-state index contributed by atoms with van der Waals surface area (Å²) in [5.41, 5.74) is 0.679. The third-order valence-corrected chi connectivity index (χ3v) is 6.27. The fourth-order valence-corrected chi connectivity index (χ4v) is 4.26. The molecule has 0 saturated carbocycles. The fourth-order valence-electron chi connectivity index (χ4n) is 4.26. The van der Waals surface area contributed by atoms with E-state index in [2.05, 4.69) is 5.32 Å². The second-order valence-electron chi connectivity index (χ2n) is 9.20. The average molecular weight is 458 g/mol. The number of carbonyl (C=O) groups is 4. The second kappa shape index (κ2) is 10.7. The van der Waals surface area contributed by atoms with Gasteiger partial charge in [-0.1, -0.05) is 38.1 Å². The van der Waals surface area contributed by atoms with Crippen molar-refractivity contribution in [2.45, 2.75) is 52.6 Å². The third-order valence-electron chi connectivity index (χ3n) is 6.27. The first-order valence-electron chi connectivity index (χ1n) is 11.5. The quantitative estimate of drug-likeness (QED) is 0.456. The number of likely N-dealkylation sites (tertiary alicyclic amines) is 1. The smallest absolute Gasteiger partial charge is 0.242 e. The van der Waals surface area contributed by atoms with Crippen LogP contribution < -0.4 is 5.32 Å². The molecule has 7 nitrogen and oxygen atoms in total. The number of amides is 4. The number of allylic oxidation sites excluding steroid dienone is 2. The molecular weight excluding hydrogens is 425 g/mol. The highest BCUT2D eigenvalue weighted by molar-refractivity contribution is 6.05. The van der Waals surface area contributed by atoms with Crippen LogP contribution in [0.1, 0.15) is 45.6 Å². The molecule has 1 N–H and O–H groups in total. The zero-order valence-electron chi connectivity index (χ0n) is 19.4. The molecule has 1 aliphatic heterocycles. The van der Waals surface area contributed by atoms with Crippen molar-refractivity contribution in [3.8, 4) is 0 Å². The van der Waals surface area contributed by atoms with Gasteiger partial charge in [-0.15, -0.1) is 0 Å². The summed E-state index contributed by atoms with van der Waals surface area (Å²) in [5, 5.41) is 2.84. The van der Waals surface area contributed by atoms with E-state index in [1.54, 1.807) is 19.1 Å². The summed E-state index contributed by atoms with van der Waals surface area (Å²) < 4.78 is 13.3. The van der Waals surface area contributed by atoms with E-state index < -0.39 is 6.04 Å². The minimum atomic E-state index is -0.766. The van der Waals surface area contributed by atoms with Gasteiger partial charge in [-0.3, -0.25) is 24.1 Å². The average Bonchev–Trinajstić information content (AvgIpc) is 3.04. The Balaban J connectivity index is 1.70. The van der Waals surface area contributed by atoms with Gasteiger partial charge >= 0.3 is 0 Å². The predicted molar refractivity (Wildman–Crippen MR) is 121 cm³/mol. The van der Waals surface area contributed by atoms with Crippen molar-refractivity contribution in [2.24, 2.45) is 17.8 Å². The van der Waals surface area contributed by atoms with Gasteiger partial charge < -0.3 is 10.2 Å². The molecule has 2 aliphatic rings. The molecule has 3 atom stereocenters. The normalized spacial score (nSPS) is 20.7. The number of nitrogens with zero attached hydrogens (tertiary/aromatic N) is 2. The Morgan fingerprint density at radius 3 is 2.18 bits per heavy atom. The van der Waals surface area contributed by atoms with Gasteiger partial charge in [0.2, 0.25) is 23.6 Å². The molecule has 1 aliphatic carbocycles. The van der Waals surface area contributed by atoms with Crippen LogP contribution in [0.2, 0.25) is 0 Å². The van der Waals surface area contributed by atoms with Gasteiger partial charge in [0.25, 0.3) is 0 Å². The molecule has 1 aromatic rings. The molecule has 8 heteroatoms. The van der Waals surface area contributed by atoms with E-state index >= 15 is 0 Å². The van der Waals surface area contributed by atoms with Crippen LogP contribution in [-0.2, 0) is 25.7 Å². The van der Waals surface area contributed by atoms with Crippen molar-refractivity contribution in [1.29, 1.82) is 0 Å². The van der Waals surface area contributed by atoms with E-state index in [4.69, 9.17) is 0 Å². The highest BCUT2D eigenvalue weighted by atomic mass is 19.1. The van der Waals surface area contributed by atoms with E-state index in [9.17, 15) is 23.6 Å². The third kappa shape index (κ3) is 5.86. The summed E-state index contributed by atoms with van der Waals surface area (Å²) in [6, 6.07) is 4.98. The van der Waals surface area contributed by atoms with Gasteiger partial charge in [0.15, 0.2) is 0 Å². The maximum Gasteiger partial charge on any atom is 0.242 e. The van der Waals surface area contributed by atoms with E-state index in [1.165, 1.54) is 21.9 Å². The maximum atomic E-state index is 13.3. The van der Waals surface area contributed by atoms with Gasteiger partial charge in [-0.2, -0.15) is 0 Å². The van der Waals surface area contributed by atoms with Crippen molar-refractivity contribution in [2.75, 3.05) is 13.1 Å². The van der Waals surface area contributed by atoms with E-state index in [0.29, 0.717) is 24.9 Å². The Bertz CT molecular complexity index is 902. The number of benzene rings is 1. The van der Waals surface area contributed by atoms with E-state index in [0.717, 1.165) is 0 Å². The Hall–Kier alpha value is -3.03. The lowest BCUT2D eigenvalue weighted by molar-refractivity contribution is -0.143. The summed E-state index contributed by atoms with van der Waals surface area (Å²) >= 11 is 0. The van der Waals surface area contributed by atoms with Crippen LogP contribution >= 0.6 is 0 Å². The van der Waals surface area contributed by atoms with Crippen LogP contribution in [0.3, 0.4) is 0 Å². The highest BCUT2D eigenvalue weighted by Crippen LogP contribution is 2.35. The highest BCUT2D eigenvalue weighted by Gasteiger charge is 2.47. The molecule has 4 amide bonds. The number of imide groups is 1. The lowest BCUT2D eigenvalue weighted by Crippen LogP contribution is -2.49. The summed E-state index contributed by atoms with van der Waals surface area (Å²) in [4.78, 5) is 53.9. The molecule has 0 radical (unpaired) electrons. The van der Waals surface area contributed by atoms with Crippen molar-refractivity contribution in [3.05, 3.63) is 47.8 Å². The summed E-state index contributed by atoms with van der Waals surface area (Å²) in [6.07, 6.45) is 4.85. The van der Waals surface area contributed by atoms with Crippen molar-refractivity contribution in [1.82, 2.24) is 15.1 Å². The first-order valence-corrected chi connectivity index (χ1v) is 11.5. The standard InChI is InChI=1S/C25H32FN3O4/c1-16(2)14-27-23(31)17(3)29(15-18-8-10-19(26)11-9-18)22(30)12-13-28-24(32)20-6-4-5-7-21(20)25(28)33/h4-5,8-11,16-17,20-21H,6-7,12-15H2,1-3H3,(H,27,31)/t17-,20-,21+/m1/s1. The van der Waals surface area contributed by atoms with Gasteiger partial charge in [0.1, 0.15) is 11.9 Å². The summed E-state index contributed by atoms with van der Waals surface area (Å²) in [5.74, 6) is -1.90. The van der Waals surface area contributed by atoms with Crippen LogP contribution in [0.4, 0.5) is 4.39 Å². The van der Waals surface area contributed by atoms with Crippen LogP contribution in [0.25, 0.3) is 0 Å². The Morgan fingerprint density at radius 2 is 1.64 bits per heavy atom. The molecule has 178 valence electrons. The number of fused-ring (bicyclic) bond motifs is 1. The fraction of sp³-hybridized carbons (Fsp3) is 0.520. The number of nitrogens with one attached hydrogen (secondary N) is 1. The molecule has 1 saturated heterocycles. The molecule has 33 heavy (non-hydrogen) atoms. The van der Waals surface area contributed by atoms with E-state index in [1.807, 2.05) is 26.0 Å². The molecule has 3 rings (SSSR count). The minimum absolute atomic E-state index is 0.0102. The zero-order chi connectivity index (χ0) is 24.1. The Morgan fingerprint density at radius 1 is 1.06 bits per heavy atom. The molecule has 0 unspecified atom stereocenters.